The number of amides is 3. The Balaban J connectivity index is 2.02. The zero-order chi connectivity index (χ0) is 11.5. The number of likely N-dealkylation sites (tertiary alicyclic amines) is 1. The van der Waals surface area contributed by atoms with Gasteiger partial charge in [0.2, 0.25) is 5.91 Å². The highest BCUT2D eigenvalue weighted by Gasteiger charge is 2.32. The Labute approximate surface area is 94.2 Å². The smallest absolute Gasteiger partial charge is 0.307 e. The number of carbonyl (C=O) groups excluding carboxylic acids is 2. The zero-order valence-corrected chi connectivity index (χ0v) is 9.14. The van der Waals surface area contributed by atoms with Gasteiger partial charge in [0.05, 0.1) is 0 Å². The molecule has 1 N–H and O–H groups in total. The topological polar surface area (TPSA) is 49.4 Å². The molecule has 0 aliphatic carbocycles. The standard InChI is InChI=1S/C12H14N2O2/c1-9-7-8-14(11(9)15)12(16)13-10-5-3-2-4-6-10/h2-6,9H,7-8H2,1H3,(H,13,16). The largest absolute Gasteiger partial charge is 0.328 e. The molecule has 1 atom stereocenters. The third-order valence-corrected chi connectivity index (χ3v) is 2.74. The van der Waals surface area contributed by atoms with Crippen LogP contribution in [0, 0.1) is 5.92 Å². The van der Waals surface area contributed by atoms with E-state index in [-0.39, 0.29) is 17.9 Å². The maximum absolute atomic E-state index is 11.8. The maximum atomic E-state index is 11.8. The van der Waals surface area contributed by atoms with Crippen molar-refractivity contribution in [2.45, 2.75) is 13.3 Å². The van der Waals surface area contributed by atoms with Gasteiger partial charge in [0.15, 0.2) is 0 Å². The van der Waals surface area contributed by atoms with Crippen LogP contribution in [0.25, 0.3) is 0 Å². The average molecular weight is 218 g/mol. The van der Waals surface area contributed by atoms with E-state index < -0.39 is 0 Å². The lowest BCUT2D eigenvalue weighted by Gasteiger charge is -2.15. The van der Waals surface area contributed by atoms with Gasteiger partial charge in [-0.2, -0.15) is 0 Å². The van der Waals surface area contributed by atoms with E-state index in [9.17, 15) is 9.59 Å². The summed E-state index contributed by atoms with van der Waals surface area (Å²) in [5, 5.41) is 2.70. The number of rotatable bonds is 1. The van der Waals surface area contributed by atoms with E-state index in [0.717, 1.165) is 6.42 Å². The van der Waals surface area contributed by atoms with Crippen molar-refractivity contribution in [2.75, 3.05) is 11.9 Å². The molecule has 0 bridgehead atoms. The molecule has 84 valence electrons. The minimum atomic E-state index is -0.333. The Morgan fingerprint density at radius 1 is 1.38 bits per heavy atom. The van der Waals surface area contributed by atoms with Gasteiger partial charge in [0, 0.05) is 18.2 Å². The summed E-state index contributed by atoms with van der Waals surface area (Å²) in [5.74, 6) is -0.130. The minimum absolute atomic E-state index is 0.0403. The molecule has 16 heavy (non-hydrogen) atoms. The van der Waals surface area contributed by atoms with Gasteiger partial charge in [-0.3, -0.25) is 9.69 Å². The molecule has 0 radical (unpaired) electrons. The van der Waals surface area contributed by atoms with Crippen LogP contribution < -0.4 is 5.32 Å². The van der Waals surface area contributed by atoms with Crippen molar-refractivity contribution in [1.82, 2.24) is 4.90 Å². The van der Waals surface area contributed by atoms with Crippen LogP contribution in [0.1, 0.15) is 13.3 Å². The third-order valence-electron chi connectivity index (χ3n) is 2.74. The lowest BCUT2D eigenvalue weighted by molar-refractivity contribution is -0.127. The van der Waals surface area contributed by atoms with Crippen LogP contribution in [0.2, 0.25) is 0 Å². The lowest BCUT2D eigenvalue weighted by atomic mass is 10.1. The van der Waals surface area contributed by atoms with Crippen LogP contribution in [-0.4, -0.2) is 23.4 Å². The molecule has 1 aromatic carbocycles. The van der Waals surface area contributed by atoms with E-state index in [1.54, 1.807) is 12.1 Å². The summed E-state index contributed by atoms with van der Waals surface area (Å²) in [5.41, 5.74) is 0.708. The van der Waals surface area contributed by atoms with Crippen LogP contribution in [0.4, 0.5) is 10.5 Å². The van der Waals surface area contributed by atoms with E-state index >= 15 is 0 Å². The van der Waals surface area contributed by atoms with Crippen LogP contribution >= 0.6 is 0 Å². The van der Waals surface area contributed by atoms with Crippen LogP contribution in [-0.2, 0) is 4.79 Å². The van der Waals surface area contributed by atoms with Gasteiger partial charge in [-0.05, 0) is 18.6 Å². The van der Waals surface area contributed by atoms with Crippen molar-refractivity contribution >= 4 is 17.6 Å². The second-order valence-corrected chi connectivity index (χ2v) is 3.98. The molecule has 1 saturated heterocycles. The highest BCUT2D eigenvalue weighted by molar-refractivity contribution is 6.02. The molecule has 0 spiro atoms. The zero-order valence-electron chi connectivity index (χ0n) is 9.14. The highest BCUT2D eigenvalue weighted by Crippen LogP contribution is 2.18. The fourth-order valence-electron chi connectivity index (χ4n) is 1.74. The first-order chi connectivity index (χ1) is 7.68. The summed E-state index contributed by atoms with van der Waals surface area (Å²) in [6.45, 7) is 2.36. The number of hydrogen-bond acceptors (Lipinski definition) is 2. The van der Waals surface area contributed by atoms with E-state index in [0.29, 0.717) is 12.2 Å². The van der Waals surface area contributed by atoms with E-state index in [1.165, 1.54) is 4.90 Å². The predicted octanol–water partition coefficient (Wildman–Crippen LogP) is 2.09. The van der Waals surface area contributed by atoms with Gasteiger partial charge < -0.3 is 5.32 Å². The first-order valence-corrected chi connectivity index (χ1v) is 5.36. The molecule has 4 heteroatoms. The van der Waals surface area contributed by atoms with Crippen molar-refractivity contribution in [1.29, 1.82) is 0 Å². The maximum Gasteiger partial charge on any atom is 0.328 e. The number of urea groups is 1. The summed E-state index contributed by atoms with van der Waals surface area (Å²) in [6, 6.07) is 8.80. The fraction of sp³-hybridized carbons (Fsp3) is 0.333. The highest BCUT2D eigenvalue weighted by atomic mass is 16.2. The van der Waals surface area contributed by atoms with Crippen molar-refractivity contribution in [3.05, 3.63) is 30.3 Å². The summed E-state index contributed by atoms with van der Waals surface area (Å²) in [4.78, 5) is 24.6. The summed E-state index contributed by atoms with van der Waals surface area (Å²) in [7, 11) is 0. The monoisotopic (exact) mass is 218 g/mol. The molecular formula is C12H14N2O2. The Bertz CT molecular complexity index is 403. The van der Waals surface area contributed by atoms with Crippen LogP contribution in [0.5, 0.6) is 0 Å². The Morgan fingerprint density at radius 3 is 2.62 bits per heavy atom. The van der Waals surface area contributed by atoms with E-state index in [2.05, 4.69) is 5.32 Å². The number of hydrogen-bond donors (Lipinski definition) is 1. The van der Waals surface area contributed by atoms with Crippen LogP contribution in [0.15, 0.2) is 30.3 Å². The van der Waals surface area contributed by atoms with Gasteiger partial charge in [-0.1, -0.05) is 25.1 Å². The Hall–Kier alpha value is -1.84. The molecule has 1 aromatic rings. The molecule has 1 heterocycles. The number of nitrogens with one attached hydrogen (secondary N) is 1. The van der Waals surface area contributed by atoms with Crippen molar-refractivity contribution in [3.63, 3.8) is 0 Å². The van der Waals surface area contributed by atoms with Gasteiger partial charge in [-0.15, -0.1) is 0 Å². The SMILES string of the molecule is CC1CCN(C(=O)Nc2ccccc2)C1=O. The predicted molar refractivity (Wildman–Crippen MR) is 61.0 cm³/mol. The number of para-hydroxylation sites is 1. The molecule has 0 saturated carbocycles. The summed E-state index contributed by atoms with van der Waals surface area (Å²) in [6.07, 6.45) is 0.751. The molecule has 1 aliphatic heterocycles. The summed E-state index contributed by atoms with van der Waals surface area (Å²) >= 11 is 0. The first-order valence-electron chi connectivity index (χ1n) is 5.36. The second-order valence-electron chi connectivity index (χ2n) is 3.98. The quantitative estimate of drug-likeness (QED) is 0.784. The Kier molecular flexibility index (Phi) is 2.90. The molecule has 3 amide bonds. The van der Waals surface area contributed by atoms with Gasteiger partial charge in [0.1, 0.15) is 0 Å². The average Bonchev–Trinajstić information content (AvgIpc) is 2.61. The number of anilines is 1. The molecular weight excluding hydrogens is 204 g/mol. The number of carbonyl (C=O) groups is 2. The molecule has 1 unspecified atom stereocenters. The number of nitrogens with zero attached hydrogens (tertiary/aromatic N) is 1. The van der Waals surface area contributed by atoms with Crippen molar-refractivity contribution in [3.8, 4) is 0 Å². The van der Waals surface area contributed by atoms with Crippen molar-refractivity contribution in [2.24, 2.45) is 5.92 Å². The molecule has 4 nitrogen and oxygen atoms in total. The normalized spacial score (nSPS) is 19.9. The van der Waals surface area contributed by atoms with Gasteiger partial charge in [0.25, 0.3) is 0 Å². The lowest BCUT2D eigenvalue weighted by Crippen LogP contribution is -2.36. The number of imide groups is 1. The Morgan fingerprint density at radius 2 is 2.06 bits per heavy atom. The van der Waals surface area contributed by atoms with E-state index in [4.69, 9.17) is 0 Å². The fourth-order valence-corrected chi connectivity index (χ4v) is 1.74. The third kappa shape index (κ3) is 2.05. The first kappa shape index (κ1) is 10.7. The van der Waals surface area contributed by atoms with Gasteiger partial charge >= 0.3 is 6.03 Å². The summed E-state index contributed by atoms with van der Waals surface area (Å²) < 4.78 is 0. The molecule has 1 fully saturated rings. The van der Waals surface area contributed by atoms with Gasteiger partial charge in [-0.25, -0.2) is 4.79 Å². The minimum Gasteiger partial charge on any atom is -0.307 e. The second kappa shape index (κ2) is 4.35. The number of benzene rings is 1. The van der Waals surface area contributed by atoms with E-state index in [1.807, 2.05) is 25.1 Å². The van der Waals surface area contributed by atoms with Crippen molar-refractivity contribution < 1.29 is 9.59 Å². The van der Waals surface area contributed by atoms with Crippen LogP contribution in [0.3, 0.4) is 0 Å². The molecule has 2 rings (SSSR count). The molecule has 0 aromatic heterocycles. The molecule has 1 aliphatic rings.